The molecular formula is C16H21NO5S. The number of carboxylic acids is 1. The maximum Gasteiger partial charge on any atom is 0.335 e. The van der Waals surface area contributed by atoms with Gasteiger partial charge in [-0.2, -0.15) is 0 Å². The van der Waals surface area contributed by atoms with Crippen LogP contribution >= 0.6 is 0 Å². The molecule has 0 heterocycles. The maximum absolute atomic E-state index is 12.7. The van der Waals surface area contributed by atoms with Crippen molar-refractivity contribution in [3.05, 3.63) is 35.9 Å². The summed E-state index contributed by atoms with van der Waals surface area (Å²) in [6, 6.07) is 3.79. The molecule has 0 spiro atoms. The monoisotopic (exact) mass is 339 g/mol. The van der Waals surface area contributed by atoms with Gasteiger partial charge in [0.2, 0.25) is 10.0 Å². The molecular weight excluding hydrogens is 318 g/mol. The molecule has 0 aliphatic heterocycles. The number of carboxylic acid groups (broad SMARTS) is 1. The third-order valence-electron chi connectivity index (χ3n) is 3.99. The van der Waals surface area contributed by atoms with Gasteiger partial charge in [-0.15, -0.1) is 0 Å². The summed E-state index contributed by atoms with van der Waals surface area (Å²) >= 11 is 0. The number of nitrogens with zero attached hydrogens (tertiary/aromatic N) is 1. The van der Waals surface area contributed by atoms with Gasteiger partial charge in [0.05, 0.1) is 12.7 Å². The Balaban J connectivity index is 2.27. The number of allylic oxidation sites excluding steroid dienone is 2. The molecule has 1 atom stereocenters. The van der Waals surface area contributed by atoms with Crippen molar-refractivity contribution in [2.75, 3.05) is 20.7 Å². The van der Waals surface area contributed by atoms with E-state index in [1.165, 1.54) is 36.7 Å². The minimum absolute atomic E-state index is 0.0131. The number of hydrogen-bond donors (Lipinski definition) is 1. The molecule has 7 heteroatoms. The molecule has 0 fully saturated rings. The quantitative estimate of drug-likeness (QED) is 0.805. The molecule has 1 aliphatic rings. The van der Waals surface area contributed by atoms with E-state index < -0.39 is 16.0 Å². The van der Waals surface area contributed by atoms with Crippen LogP contribution in [0, 0.1) is 5.92 Å². The Kier molecular flexibility index (Phi) is 5.43. The highest BCUT2D eigenvalue weighted by Gasteiger charge is 2.27. The van der Waals surface area contributed by atoms with Gasteiger partial charge in [-0.05, 0) is 43.4 Å². The van der Waals surface area contributed by atoms with Gasteiger partial charge in [-0.1, -0.05) is 12.2 Å². The lowest BCUT2D eigenvalue weighted by Gasteiger charge is -2.25. The summed E-state index contributed by atoms with van der Waals surface area (Å²) in [5, 5.41) is 9.00. The van der Waals surface area contributed by atoms with Crippen molar-refractivity contribution in [1.29, 1.82) is 0 Å². The van der Waals surface area contributed by atoms with Crippen LogP contribution in [0.1, 0.15) is 29.6 Å². The van der Waals surface area contributed by atoms with Crippen molar-refractivity contribution < 1.29 is 23.1 Å². The van der Waals surface area contributed by atoms with E-state index in [1.807, 2.05) is 0 Å². The first-order valence-electron chi connectivity index (χ1n) is 7.39. The van der Waals surface area contributed by atoms with E-state index in [9.17, 15) is 13.2 Å². The number of ether oxygens (including phenoxy) is 1. The number of methoxy groups -OCH3 is 1. The summed E-state index contributed by atoms with van der Waals surface area (Å²) < 4.78 is 31.9. The zero-order chi connectivity index (χ0) is 17.0. The van der Waals surface area contributed by atoms with Crippen molar-refractivity contribution in [2.45, 2.75) is 24.2 Å². The zero-order valence-electron chi connectivity index (χ0n) is 13.2. The molecule has 1 aliphatic carbocycles. The molecule has 0 aromatic heterocycles. The van der Waals surface area contributed by atoms with Crippen molar-refractivity contribution in [1.82, 2.24) is 4.31 Å². The second-order valence-corrected chi connectivity index (χ2v) is 7.62. The topological polar surface area (TPSA) is 83.9 Å². The van der Waals surface area contributed by atoms with E-state index in [2.05, 4.69) is 12.2 Å². The van der Waals surface area contributed by atoms with Crippen LogP contribution < -0.4 is 4.74 Å². The third kappa shape index (κ3) is 3.92. The summed E-state index contributed by atoms with van der Waals surface area (Å²) in [6.07, 6.45) is 6.99. The second-order valence-electron chi connectivity index (χ2n) is 5.61. The molecule has 1 unspecified atom stereocenters. The van der Waals surface area contributed by atoms with Crippen LogP contribution in [0.15, 0.2) is 35.2 Å². The summed E-state index contributed by atoms with van der Waals surface area (Å²) in [7, 11) is -0.867. The van der Waals surface area contributed by atoms with E-state index in [1.54, 1.807) is 0 Å². The number of carbonyl (C=O) groups is 1. The van der Waals surface area contributed by atoms with Gasteiger partial charge in [0.1, 0.15) is 10.6 Å². The van der Waals surface area contributed by atoms with Crippen LogP contribution in [0.25, 0.3) is 0 Å². The molecule has 0 amide bonds. The summed E-state index contributed by atoms with van der Waals surface area (Å²) in [5.41, 5.74) is -0.0131. The number of sulfonamides is 1. The van der Waals surface area contributed by atoms with Crippen LogP contribution in [-0.4, -0.2) is 44.5 Å². The molecule has 1 aromatic rings. The van der Waals surface area contributed by atoms with Crippen molar-refractivity contribution in [3.8, 4) is 5.75 Å². The van der Waals surface area contributed by atoms with Gasteiger partial charge in [-0.25, -0.2) is 17.5 Å². The Morgan fingerprint density at radius 3 is 2.70 bits per heavy atom. The predicted octanol–water partition coefficient (Wildman–Crippen LogP) is 2.37. The molecule has 2 rings (SSSR count). The van der Waals surface area contributed by atoms with Crippen LogP contribution in [0.3, 0.4) is 0 Å². The number of rotatable bonds is 6. The van der Waals surface area contributed by atoms with Crippen molar-refractivity contribution >= 4 is 16.0 Å². The Hall–Kier alpha value is -1.86. The minimum Gasteiger partial charge on any atom is -0.495 e. The predicted molar refractivity (Wildman–Crippen MR) is 86.3 cm³/mol. The van der Waals surface area contributed by atoms with Gasteiger partial charge in [-0.3, -0.25) is 0 Å². The highest BCUT2D eigenvalue weighted by molar-refractivity contribution is 7.89. The second kappa shape index (κ2) is 7.14. The fraction of sp³-hybridized carbons (Fsp3) is 0.438. The largest absolute Gasteiger partial charge is 0.495 e. The summed E-state index contributed by atoms with van der Waals surface area (Å²) in [5.74, 6) is -0.793. The van der Waals surface area contributed by atoms with Gasteiger partial charge in [0.25, 0.3) is 0 Å². The third-order valence-corrected chi connectivity index (χ3v) is 5.85. The maximum atomic E-state index is 12.7. The fourth-order valence-electron chi connectivity index (χ4n) is 2.67. The van der Waals surface area contributed by atoms with E-state index in [-0.39, 0.29) is 16.2 Å². The van der Waals surface area contributed by atoms with E-state index in [4.69, 9.17) is 9.84 Å². The number of hydrogen-bond acceptors (Lipinski definition) is 4. The average Bonchev–Trinajstić information content (AvgIpc) is 2.54. The summed E-state index contributed by atoms with van der Waals surface area (Å²) in [6.45, 7) is 0.427. The van der Waals surface area contributed by atoms with Gasteiger partial charge in [0, 0.05) is 13.6 Å². The molecule has 6 nitrogen and oxygen atoms in total. The lowest BCUT2D eigenvalue weighted by atomic mass is 9.95. The molecule has 0 saturated carbocycles. The molecule has 23 heavy (non-hydrogen) atoms. The van der Waals surface area contributed by atoms with Crippen LogP contribution in [0.4, 0.5) is 0 Å². The van der Waals surface area contributed by atoms with Crippen LogP contribution in [-0.2, 0) is 10.0 Å². The fourth-order valence-corrected chi connectivity index (χ4v) is 4.04. The van der Waals surface area contributed by atoms with Crippen LogP contribution in [0.2, 0.25) is 0 Å². The van der Waals surface area contributed by atoms with Gasteiger partial charge >= 0.3 is 5.97 Å². The molecule has 1 N–H and O–H groups in total. The Morgan fingerprint density at radius 1 is 1.39 bits per heavy atom. The molecule has 126 valence electrons. The SMILES string of the molecule is COc1cc(C(=O)O)ccc1S(=O)(=O)N(C)CC1CC=CCC1. The molecule has 0 bridgehead atoms. The lowest BCUT2D eigenvalue weighted by molar-refractivity contribution is 0.0696. The van der Waals surface area contributed by atoms with E-state index >= 15 is 0 Å². The Bertz CT molecular complexity index is 711. The average molecular weight is 339 g/mol. The standard InChI is InChI=1S/C16H21NO5S/c1-17(11-12-6-4-3-5-7-12)23(20,21)15-9-8-13(16(18)19)10-14(15)22-2/h3-4,8-10,12H,5-7,11H2,1-2H3,(H,18,19). The van der Waals surface area contributed by atoms with Gasteiger partial charge < -0.3 is 9.84 Å². The smallest absolute Gasteiger partial charge is 0.335 e. The summed E-state index contributed by atoms with van der Waals surface area (Å²) in [4.78, 5) is 11.0. The Labute approximate surface area is 136 Å². The highest BCUT2D eigenvalue weighted by Crippen LogP contribution is 2.29. The first-order chi connectivity index (χ1) is 10.9. The number of benzene rings is 1. The first-order valence-corrected chi connectivity index (χ1v) is 8.83. The zero-order valence-corrected chi connectivity index (χ0v) is 14.0. The van der Waals surface area contributed by atoms with Crippen LogP contribution in [0.5, 0.6) is 5.75 Å². The first kappa shape index (κ1) is 17.5. The van der Waals surface area contributed by atoms with E-state index in [0.717, 1.165) is 19.3 Å². The lowest BCUT2D eigenvalue weighted by Crippen LogP contribution is -2.32. The minimum atomic E-state index is -3.73. The Morgan fingerprint density at radius 2 is 2.13 bits per heavy atom. The number of aromatic carboxylic acids is 1. The normalized spacial score (nSPS) is 18.1. The van der Waals surface area contributed by atoms with E-state index in [0.29, 0.717) is 12.5 Å². The molecule has 0 saturated heterocycles. The van der Waals surface area contributed by atoms with Gasteiger partial charge in [0.15, 0.2) is 0 Å². The molecule has 0 radical (unpaired) electrons. The van der Waals surface area contributed by atoms with Crippen molar-refractivity contribution in [2.24, 2.45) is 5.92 Å². The van der Waals surface area contributed by atoms with Crippen molar-refractivity contribution in [3.63, 3.8) is 0 Å². The highest BCUT2D eigenvalue weighted by atomic mass is 32.2. The molecule has 1 aromatic carbocycles.